The molecule has 6 heteroatoms. The Hall–Kier alpha value is -1.40. The second kappa shape index (κ2) is 5.71. The van der Waals surface area contributed by atoms with Crippen LogP contribution in [0.3, 0.4) is 0 Å². The molecule has 0 spiro atoms. The molecule has 1 aromatic carbocycles. The van der Waals surface area contributed by atoms with Crippen LogP contribution in [0.25, 0.3) is 11.3 Å². The molecule has 1 heterocycles. The van der Waals surface area contributed by atoms with E-state index in [-0.39, 0.29) is 12.4 Å². The molecule has 4 nitrogen and oxygen atoms in total. The minimum atomic E-state index is -0.350. The number of hydrogen-bond donors (Lipinski definition) is 1. The van der Waals surface area contributed by atoms with Gasteiger partial charge in [-0.05, 0) is 34.1 Å². The van der Waals surface area contributed by atoms with Gasteiger partial charge in [-0.2, -0.15) is 0 Å². The monoisotopic (exact) mass is 328 g/mol. The van der Waals surface area contributed by atoms with Gasteiger partial charge in [-0.1, -0.05) is 0 Å². The molecule has 0 aliphatic rings. The first-order valence-corrected chi connectivity index (χ1v) is 6.53. The molecular formula is C13H14BrFN2O2. The van der Waals surface area contributed by atoms with Crippen molar-refractivity contribution in [2.45, 2.75) is 6.42 Å². The van der Waals surface area contributed by atoms with E-state index in [4.69, 9.17) is 9.84 Å². The van der Waals surface area contributed by atoms with Gasteiger partial charge >= 0.3 is 0 Å². The molecular weight excluding hydrogens is 315 g/mol. The second-order valence-corrected chi connectivity index (χ2v) is 4.80. The summed E-state index contributed by atoms with van der Waals surface area (Å²) in [5.41, 5.74) is 1.18. The van der Waals surface area contributed by atoms with Gasteiger partial charge in [0.15, 0.2) is 0 Å². The maximum atomic E-state index is 13.4. The Morgan fingerprint density at radius 1 is 1.47 bits per heavy atom. The van der Waals surface area contributed by atoms with Gasteiger partial charge in [0.2, 0.25) is 0 Å². The van der Waals surface area contributed by atoms with Gasteiger partial charge < -0.3 is 14.4 Å². The molecule has 0 saturated heterocycles. The van der Waals surface area contributed by atoms with Crippen molar-refractivity contribution < 1.29 is 14.2 Å². The fourth-order valence-electron chi connectivity index (χ4n) is 1.88. The molecule has 0 bridgehead atoms. The van der Waals surface area contributed by atoms with Crippen LogP contribution in [0.4, 0.5) is 4.39 Å². The van der Waals surface area contributed by atoms with E-state index in [1.165, 1.54) is 19.2 Å². The Balaban J connectivity index is 2.58. The van der Waals surface area contributed by atoms with Crippen molar-refractivity contribution in [2.24, 2.45) is 7.05 Å². The van der Waals surface area contributed by atoms with Crippen LogP contribution in [0, 0.1) is 5.82 Å². The minimum absolute atomic E-state index is 0.0109. The predicted octanol–water partition coefficient (Wildman–Crippen LogP) is 2.53. The summed E-state index contributed by atoms with van der Waals surface area (Å²) in [4.78, 5) is 4.43. The lowest BCUT2D eigenvalue weighted by Crippen LogP contribution is -2.00. The first-order chi connectivity index (χ1) is 9.08. The number of nitrogens with zero attached hydrogens (tertiary/aromatic N) is 2. The van der Waals surface area contributed by atoms with Crippen molar-refractivity contribution in [3.63, 3.8) is 0 Å². The quantitative estimate of drug-likeness (QED) is 0.938. The molecule has 0 fully saturated rings. The SMILES string of the molecule is COc1ccc(F)cc1-c1nc(CCO)n(C)c1Br. The fourth-order valence-corrected chi connectivity index (χ4v) is 2.39. The average molecular weight is 329 g/mol. The molecule has 0 amide bonds. The van der Waals surface area contributed by atoms with E-state index in [2.05, 4.69) is 20.9 Å². The molecule has 0 radical (unpaired) electrons. The largest absolute Gasteiger partial charge is 0.496 e. The van der Waals surface area contributed by atoms with E-state index in [0.29, 0.717) is 23.4 Å². The zero-order valence-electron chi connectivity index (χ0n) is 10.7. The highest BCUT2D eigenvalue weighted by Crippen LogP contribution is 2.35. The van der Waals surface area contributed by atoms with E-state index >= 15 is 0 Å². The molecule has 1 aromatic heterocycles. The molecule has 102 valence electrons. The highest BCUT2D eigenvalue weighted by Gasteiger charge is 2.17. The second-order valence-electron chi connectivity index (χ2n) is 4.04. The van der Waals surface area contributed by atoms with Crippen LogP contribution < -0.4 is 4.74 Å². The Bertz CT molecular complexity index is 599. The lowest BCUT2D eigenvalue weighted by atomic mass is 10.1. The van der Waals surface area contributed by atoms with Crippen LogP contribution in [0.5, 0.6) is 5.75 Å². The highest BCUT2D eigenvalue weighted by atomic mass is 79.9. The number of hydrogen-bond acceptors (Lipinski definition) is 3. The average Bonchev–Trinajstić information content (AvgIpc) is 2.67. The Morgan fingerprint density at radius 3 is 2.84 bits per heavy atom. The summed E-state index contributed by atoms with van der Waals surface area (Å²) in [5.74, 6) is 0.920. The van der Waals surface area contributed by atoms with Gasteiger partial charge in [-0.25, -0.2) is 9.37 Å². The van der Waals surface area contributed by atoms with Crippen molar-refractivity contribution in [1.82, 2.24) is 9.55 Å². The first-order valence-electron chi connectivity index (χ1n) is 5.74. The Morgan fingerprint density at radius 2 is 2.21 bits per heavy atom. The molecule has 0 aliphatic heterocycles. The smallest absolute Gasteiger partial charge is 0.128 e. The Labute approximate surface area is 119 Å². The number of methoxy groups -OCH3 is 1. The summed E-state index contributed by atoms with van der Waals surface area (Å²) in [5, 5.41) is 9.01. The van der Waals surface area contributed by atoms with E-state index < -0.39 is 0 Å². The number of aliphatic hydroxyl groups is 1. The van der Waals surface area contributed by atoms with Gasteiger partial charge in [-0.15, -0.1) is 0 Å². The summed E-state index contributed by atoms with van der Waals surface area (Å²) in [6.07, 6.45) is 0.437. The fraction of sp³-hybridized carbons (Fsp3) is 0.308. The topological polar surface area (TPSA) is 47.3 Å². The van der Waals surface area contributed by atoms with E-state index in [1.54, 1.807) is 6.07 Å². The first kappa shape index (κ1) is 14.0. The summed E-state index contributed by atoms with van der Waals surface area (Å²) in [6.45, 7) is 0.0109. The number of ether oxygens (including phenoxy) is 1. The van der Waals surface area contributed by atoms with E-state index in [9.17, 15) is 4.39 Å². The van der Waals surface area contributed by atoms with Gasteiger partial charge in [-0.3, -0.25) is 0 Å². The molecule has 0 saturated carbocycles. The summed E-state index contributed by atoms with van der Waals surface area (Å²) in [7, 11) is 3.36. The molecule has 0 unspecified atom stereocenters. The zero-order chi connectivity index (χ0) is 14.0. The van der Waals surface area contributed by atoms with Crippen LogP contribution in [-0.4, -0.2) is 28.4 Å². The molecule has 19 heavy (non-hydrogen) atoms. The number of halogens is 2. The number of rotatable bonds is 4. The summed E-state index contributed by atoms with van der Waals surface area (Å²) >= 11 is 3.44. The van der Waals surface area contributed by atoms with E-state index in [0.717, 1.165) is 10.4 Å². The zero-order valence-corrected chi connectivity index (χ0v) is 12.2. The standard InChI is InChI=1S/C13H14BrFN2O2/c1-17-11(5-6-18)16-12(13(17)14)9-7-8(15)3-4-10(9)19-2/h3-4,7,18H,5-6H2,1-2H3. The van der Waals surface area contributed by atoms with Gasteiger partial charge in [0.1, 0.15) is 27.7 Å². The van der Waals surface area contributed by atoms with Crippen molar-refractivity contribution in [3.8, 4) is 17.0 Å². The predicted molar refractivity (Wildman–Crippen MR) is 73.6 cm³/mol. The van der Waals surface area contributed by atoms with Crippen molar-refractivity contribution in [2.75, 3.05) is 13.7 Å². The third-order valence-corrected chi connectivity index (χ3v) is 3.78. The van der Waals surface area contributed by atoms with Crippen LogP contribution in [0.15, 0.2) is 22.8 Å². The number of aliphatic hydroxyl groups excluding tert-OH is 1. The van der Waals surface area contributed by atoms with E-state index in [1.807, 2.05) is 11.6 Å². The lowest BCUT2D eigenvalue weighted by Gasteiger charge is -2.06. The van der Waals surface area contributed by atoms with Crippen LogP contribution in [0.1, 0.15) is 5.82 Å². The number of benzene rings is 1. The van der Waals surface area contributed by atoms with Gasteiger partial charge in [0, 0.05) is 19.0 Å². The molecule has 2 aromatic rings. The molecule has 1 N–H and O–H groups in total. The number of aromatic nitrogens is 2. The van der Waals surface area contributed by atoms with Crippen molar-refractivity contribution >= 4 is 15.9 Å². The van der Waals surface area contributed by atoms with Gasteiger partial charge in [0.25, 0.3) is 0 Å². The van der Waals surface area contributed by atoms with Gasteiger partial charge in [0.05, 0.1) is 13.7 Å². The maximum Gasteiger partial charge on any atom is 0.128 e. The van der Waals surface area contributed by atoms with Crippen molar-refractivity contribution in [1.29, 1.82) is 0 Å². The summed E-state index contributed by atoms with van der Waals surface area (Å²) < 4.78 is 21.2. The number of imidazole rings is 1. The third-order valence-electron chi connectivity index (χ3n) is 2.87. The lowest BCUT2D eigenvalue weighted by molar-refractivity contribution is 0.295. The normalized spacial score (nSPS) is 10.8. The Kier molecular flexibility index (Phi) is 4.21. The maximum absolute atomic E-state index is 13.4. The van der Waals surface area contributed by atoms with Crippen LogP contribution in [-0.2, 0) is 13.5 Å². The molecule has 2 rings (SSSR count). The van der Waals surface area contributed by atoms with Crippen molar-refractivity contribution in [3.05, 3.63) is 34.4 Å². The highest BCUT2D eigenvalue weighted by molar-refractivity contribution is 9.10. The van der Waals surface area contributed by atoms with Crippen LogP contribution in [0.2, 0.25) is 0 Å². The third kappa shape index (κ3) is 2.64. The molecule has 0 atom stereocenters. The van der Waals surface area contributed by atoms with Crippen LogP contribution >= 0.6 is 15.9 Å². The minimum Gasteiger partial charge on any atom is -0.496 e. The molecule has 0 aliphatic carbocycles. The summed E-state index contributed by atoms with van der Waals surface area (Å²) in [6, 6.07) is 4.29.